The highest BCUT2D eigenvalue weighted by Crippen LogP contribution is 2.24. The fourth-order valence-corrected chi connectivity index (χ4v) is 1.75. The molecule has 1 unspecified atom stereocenters. The van der Waals surface area contributed by atoms with E-state index in [1.165, 1.54) is 6.92 Å². The molecule has 1 N–H and O–H groups in total. The molecule has 11 heteroatoms. The lowest BCUT2D eigenvalue weighted by Gasteiger charge is -2.19. The summed E-state index contributed by atoms with van der Waals surface area (Å²) in [7, 11) is -4.97. The van der Waals surface area contributed by atoms with Gasteiger partial charge in [0, 0.05) is 12.0 Å². The zero-order valence-corrected chi connectivity index (χ0v) is 12.4. The molecule has 22 heavy (non-hydrogen) atoms. The van der Waals surface area contributed by atoms with Gasteiger partial charge in [-0.3, -0.25) is 9.35 Å². The Balaban J connectivity index is 4.36. The van der Waals surface area contributed by atoms with Crippen LogP contribution in [0.1, 0.15) is 19.8 Å². The summed E-state index contributed by atoms with van der Waals surface area (Å²) in [6, 6.07) is 0. The molecule has 0 aromatic heterocycles. The summed E-state index contributed by atoms with van der Waals surface area (Å²) in [6.07, 6.45) is -8.75. The Morgan fingerprint density at radius 3 is 2.27 bits per heavy atom. The van der Waals surface area contributed by atoms with E-state index >= 15 is 0 Å². The Morgan fingerprint density at radius 2 is 1.86 bits per heavy atom. The van der Waals surface area contributed by atoms with Crippen molar-refractivity contribution in [3.8, 4) is 0 Å². The molecule has 0 bridgehead atoms. The first-order chi connectivity index (χ1) is 9.83. The molecule has 0 saturated heterocycles. The maximum atomic E-state index is 12.5. The van der Waals surface area contributed by atoms with Crippen LogP contribution in [0, 0.1) is 0 Å². The summed E-state index contributed by atoms with van der Waals surface area (Å²) >= 11 is 0. The molecule has 0 radical (unpaired) electrons. The third-order valence-electron chi connectivity index (χ3n) is 2.11. The third kappa shape index (κ3) is 9.34. The van der Waals surface area contributed by atoms with E-state index in [1.54, 1.807) is 0 Å². The predicted octanol–water partition coefficient (Wildman–Crippen LogP) is 1.25. The number of hydrogen-bond donors (Lipinski definition) is 1. The molecular weight excluding hydrogens is 333 g/mol. The van der Waals surface area contributed by atoms with Crippen molar-refractivity contribution in [2.45, 2.75) is 32.0 Å². The van der Waals surface area contributed by atoms with E-state index in [4.69, 9.17) is 4.55 Å². The van der Waals surface area contributed by atoms with Crippen molar-refractivity contribution in [1.29, 1.82) is 0 Å². The van der Waals surface area contributed by atoms with Crippen LogP contribution in [0.25, 0.3) is 0 Å². The largest absolute Gasteiger partial charge is 0.462 e. The summed E-state index contributed by atoms with van der Waals surface area (Å²) in [5, 5.41) is 0. The molecule has 0 saturated carbocycles. The van der Waals surface area contributed by atoms with Gasteiger partial charge in [0.15, 0.2) is 0 Å². The fraction of sp³-hybridized carbons (Fsp3) is 0.636. The first-order valence-corrected chi connectivity index (χ1v) is 7.48. The topological polar surface area (TPSA) is 107 Å². The third-order valence-corrected chi connectivity index (χ3v) is 2.83. The standard InChI is InChI=1S/C11H15F3O7S/c1-7(2)10(16)20-5-3-4-9(15)21-8(11(12,13)14)6-22(17,18)19/h8H,1,3-6H2,2H3,(H,17,18,19). The average Bonchev–Trinajstić information content (AvgIpc) is 2.30. The first kappa shape index (κ1) is 20.4. The Kier molecular flexibility index (Phi) is 7.53. The molecule has 0 aromatic carbocycles. The highest BCUT2D eigenvalue weighted by Gasteiger charge is 2.45. The molecule has 1 atom stereocenters. The monoisotopic (exact) mass is 348 g/mol. The molecule has 0 fully saturated rings. The van der Waals surface area contributed by atoms with Crippen molar-refractivity contribution in [2.75, 3.05) is 12.4 Å². The lowest BCUT2D eigenvalue weighted by molar-refractivity contribution is -0.215. The highest BCUT2D eigenvalue weighted by molar-refractivity contribution is 7.85. The Labute approximate surface area is 124 Å². The first-order valence-electron chi connectivity index (χ1n) is 5.87. The number of alkyl halides is 3. The van der Waals surface area contributed by atoms with Gasteiger partial charge in [-0.15, -0.1) is 0 Å². The molecule has 0 aromatic rings. The Bertz CT molecular complexity index is 524. The van der Waals surface area contributed by atoms with Crippen molar-refractivity contribution >= 4 is 22.1 Å². The quantitative estimate of drug-likeness (QED) is 0.304. The number of halogens is 3. The van der Waals surface area contributed by atoms with Gasteiger partial charge in [-0.2, -0.15) is 21.6 Å². The van der Waals surface area contributed by atoms with E-state index in [2.05, 4.69) is 16.1 Å². The Hall–Kier alpha value is -1.62. The average molecular weight is 348 g/mol. The summed E-state index contributed by atoms with van der Waals surface area (Å²) in [5.41, 5.74) is 0.118. The van der Waals surface area contributed by atoms with Gasteiger partial charge >= 0.3 is 18.1 Å². The van der Waals surface area contributed by atoms with E-state index < -0.39 is 46.5 Å². The second-order valence-corrected chi connectivity index (χ2v) is 5.79. The predicted molar refractivity (Wildman–Crippen MR) is 67.4 cm³/mol. The lowest BCUT2D eigenvalue weighted by Crippen LogP contribution is -2.39. The number of esters is 2. The smallest absolute Gasteiger partial charge is 0.426 e. The molecule has 7 nitrogen and oxygen atoms in total. The number of rotatable bonds is 8. The van der Waals surface area contributed by atoms with Crippen LogP contribution >= 0.6 is 0 Å². The number of hydrogen-bond acceptors (Lipinski definition) is 6. The van der Waals surface area contributed by atoms with E-state index in [-0.39, 0.29) is 18.6 Å². The van der Waals surface area contributed by atoms with Crippen molar-refractivity contribution in [3.05, 3.63) is 12.2 Å². The van der Waals surface area contributed by atoms with E-state index in [0.29, 0.717) is 0 Å². The zero-order chi connectivity index (χ0) is 17.6. The highest BCUT2D eigenvalue weighted by atomic mass is 32.2. The summed E-state index contributed by atoms with van der Waals surface area (Å²) < 4.78 is 75.3. The SMILES string of the molecule is C=C(C)C(=O)OCCCC(=O)OC(CS(=O)(=O)O)C(F)(F)F. The van der Waals surface area contributed by atoms with Gasteiger partial charge in [-0.25, -0.2) is 4.79 Å². The van der Waals surface area contributed by atoms with Crippen LogP contribution in [-0.4, -0.2) is 49.5 Å². The van der Waals surface area contributed by atoms with Crippen LogP contribution in [0.3, 0.4) is 0 Å². The molecule has 0 amide bonds. The second-order valence-electron chi connectivity index (χ2n) is 4.29. The van der Waals surface area contributed by atoms with Gasteiger partial charge < -0.3 is 9.47 Å². The molecule has 0 aliphatic heterocycles. The van der Waals surface area contributed by atoms with Gasteiger partial charge in [-0.05, 0) is 13.3 Å². The van der Waals surface area contributed by atoms with E-state index in [0.717, 1.165) is 0 Å². The molecule has 0 aliphatic rings. The zero-order valence-electron chi connectivity index (χ0n) is 11.6. The van der Waals surface area contributed by atoms with Gasteiger partial charge in [-0.1, -0.05) is 6.58 Å². The van der Waals surface area contributed by atoms with Gasteiger partial charge in [0.25, 0.3) is 10.1 Å². The molecule has 0 rings (SSSR count). The number of carbonyl (C=O) groups is 2. The van der Waals surface area contributed by atoms with Crippen molar-refractivity contribution in [3.63, 3.8) is 0 Å². The summed E-state index contributed by atoms with van der Waals surface area (Å²) in [5.74, 6) is -3.84. The van der Waals surface area contributed by atoms with Gasteiger partial charge in [0.05, 0.1) is 6.61 Å². The lowest BCUT2D eigenvalue weighted by atomic mass is 10.3. The Morgan fingerprint density at radius 1 is 1.32 bits per heavy atom. The van der Waals surface area contributed by atoms with E-state index in [9.17, 15) is 31.2 Å². The van der Waals surface area contributed by atoms with Crippen LogP contribution in [0.5, 0.6) is 0 Å². The van der Waals surface area contributed by atoms with Gasteiger partial charge in [0.2, 0.25) is 6.10 Å². The maximum Gasteiger partial charge on any atom is 0.426 e. The summed E-state index contributed by atoms with van der Waals surface area (Å²) in [6.45, 7) is 4.45. The number of carbonyl (C=O) groups excluding carboxylic acids is 2. The molecule has 0 spiro atoms. The van der Waals surface area contributed by atoms with Crippen LogP contribution in [0.15, 0.2) is 12.2 Å². The van der Waals surface area contributed by atoms with E-state index in [1.807, 2.05) is 0 Å². The van der Waals surface area contributed by atoms with Gasteiger partial charge in [0.1, 0.15) is 5.75 Å². The summed E-state index contributed by atoms with van der Waals surface area (Å²) in [4.78, 5) is 22.2. The minimum absolute atomic E-state index is 0.117. The van der Waals surface area contributed by atoms with Crippen molar-refractivity contribution in [2.24, 2.45) is 0 Å². The van der Waals surface area contributed by atoms with Crippen LogP contribution in [0.4, 0.5) is 13.2 Å². The number of ether oxygens (including phenoxy) is 2. The van der Waals surface area contributed by atoms with Crippen LogP contribution in [0.2, 0.25) is 0 Å². The normalized spacial score (nSPS) is 13.3. The van der Waals surface area contributed by atoms with Crippen LogP contribution < -0.4 is 0 Å². The second kappa shape index (κ2) is 8.13. The molecule has 128 valence electrons. The minimum atomic E-state index is -5.14. The fourth-order valence-electron chi connectivity index (χ4n) is 1.11. The minimum Gasteiger partial charge on any atom is -0.462 e. The maximum absolute atomic E-state index is 12.5. The molecular formula is C11H15F3O7S. The van der Waals surface area contributed by atoms with Crippen LogP contribution in [-0.2, 0) is 29.2 Å². The van der Waals surface area contributed by atoms with Crippen molar-refractivity contribution < 1.29 is 45.2 Å². The molecule has 0 heterocycles. The van der Waals surface area contributed by atoms with Crippen molar-refractivity contribution in [1.82, 2.24) is 0 Å². The molecule has 0 aliphatic carbocycles.